The monoisotopic (exact) mass is 882 g/mol. The quantitative estimate of drug-likeness (QED) is 0.133. The molecule has 1 aliphatic carbocycles. The van der Waals surface area contributed by atoms with E-state index in [1.807, 2.05) is 0 Å². The number of para-hydroxylation sites is 2. The Morgan fingerprint density at radius 3 is 1.62 bits per heavy atom. The number of anilines is 2. The molecule has 0 N–H and O–H groups in total. The maximum atomic E-state index is 2.46. The molecule has 0 radical (unpaired) electrons. The summed E-state index contributed by atoms with van der Waals surface area (Å²) < 4.78 is 2.39. The number of benzene rings is 10. The van der Waals surface area contributed by atoms with E-state index in [9.17, 15) is 0 Å². The van der Waals surface area contributed by atoms with Crippen LogP contribution in [0.2, 0.25) is 0 Å². The van der Waals surface area contributed by atoms with Crippen LogP contribution in [0.25, 0.3) is 83.1 Å². The summed E-state index contributed by atoms with van der Waals surface area (Å²) in [6.45, 7) is 2.36. The van der Waals surface area contributed by atoms with Crippen LogP contribution in [-0.4, -0.2) is 4.57 Å². The van der Waals surface area contributed by atoms with Crippen molar-refractivity contribution in [3.05, 3.63) is 284 Å². The molecule has 0 spiro atoms. The summed E-state index contributed by atoms with van der Waals surface area (Å²) in [5.41, 5.74) is 20.4. The third-order valence-corrected chi connectivity index (χ3v) is 13.9. The van der Waals surface area contributed by atoms with Gasteiger partial charge in [-0.05, 0) is 128 Å². The van der Waals surface area contributed by atoms with E-state index in [1.165, 1.54) is 77.4 Å². The minimum atomic E-state index is 0.226. The summed E-state index contributed by atoms with van der Waals surface area (Å²) in [7, 11) is 0. The van der Waals surface area contributed by atoms with Crippen LogP contribution in [0.4, 0.5) is 11.4 Å². The van der Waals surface area contributed by atoms with Crippen molar-refractivity contribution in [3.8, 4) is 61.3 Å². The number of aromatic nitrogens is 1. The van der Waals surface area contributed by atoms with Crippen molar-refractivity contribution in [3.63, 3.8) is 0 Å². The van der Waals surface area contributed by atoms with Gasteiger partial charge in [-0.2, -0.15) is 0 Å². The molecule has 328 valence electrons. The highest BCUT2D eigenvalue weighted by Crippen LogP contribution is 2.44. The van der Waals surface area contributed by atoms with Crippen molar-refractivity contribution in [1.29, 1.82) is 0 Å². The minimum absolute atomic E-state index is 0.226. The zero-order valence-electron chi connectivity index (χ0n) is 38.5. The van der Waals surface area contributed by atoms with Crippen molar-refractivity contribution in [2.24, 2.45) is 5.92 Å². The molecule has 0 amide bonds. The maximum absolute atomic E-state index is 2.46. The minimum Gasteiger partial charge on any atom is -0.311 e. The second-order valence-electron chi connectivity index (χ2n) is 18.1. The maximum Gasteiger partial charge on any atom is 0.0547 e. The first-order valence-electron chi connectivity index (χ1n) is 24.0. The van der Waals surface area contributed by atoms with Gasteiger partial charge in [0.1, 0.15) is 0 Å². The number of hydrogen-bond acceptors (Lipinski definition) is 1. The molecule has 2 unspecified atom stereocenters. The van der Waals surface area contributed by atoms with Gasteiger partial charge in [-0.15, -0.1) is 0 Å². The van der Waals surface area contributed by atoms with Gasteiger partial charge in [0.25, 0.3) is 0 Å². The van der Waals surface area contributed by atoms with Crippen molar-refractivity contribution in [2.45, 2.75) is 12.8 Å². The lowest BCUT2D eigenvalue weighted by Gasteiger charge is -2.32. The third kappa shape index (κ3) is 7.86. The molecule has 2 heteroatoms. The lowest BCUT2D eigenvalue weighted by Crippen LogP contribution is -2.20. The highest BCUT2D eigenvalue weighted by Gasteiger charge is 2.25. The first kappa shape index (κ1) is 41.7. The smallest absolute Gasteiger partial charge is 0.0547 e. The van der Waals surface area contributed by atoms with Gasteiger partial charge in [0, 0.05) is 39.4 Å². The molecule has 1 heterocycles. The molecular formula is C67H50N2. The third-order valence-electron chi connectivity index (χ3n) is 13.9. The molecule has 0 bridgehead atoms. The lowest BCUT2D eigenvalue weighted by atomic mass is 9.80. The number of rotatable bonds is 10. The van der Waals surface area contributed by atoms with Crippen molar-refractivity contribution in [1.82, 2.24) is 4.57 Å². The topological polar surface area (TPSA) is 8.17 Å². The van der Waals surface area contributed by atoms with E-state index in [4.69, 9.17) is 0 Å². The summed E-state index contributed by atoms with van der Waals surface area (Å²) in [5.74, 6) is 0.467. The molecule has 11 aromatic rings. The molecule has 0 saturated carbocycles. The van der Waals surface area contributed by atoms with Crippen LogP contribution in [0.1, 0.15) is 18.4 Å². The molecule has 2 atom stereocenters. The fraction of sp³-hybridized carbons (Fsp3) is 0.0448. The van der Waals surface area contributed by atoms with E-state index in [-0.39, 0.29) is 11.8 Å². The standard InChI is InChI=1S/C67H50N2/c1-47-44-57(42-43-58(47)63-33-14-13-32-61(63)49-22-7-3-8-23-49)68(55-40-38-50(39-41-55)60-31-12-11-30-59(60)48-20-5-2-6-21-48)56-29-18-25-52(46-56)51-24-17-26-53(45-51)62-35-19-37-66-67(62)64-34-15-16-36-65(64)69(66)54-27-9-4-10-28-54/h2-47,58H,1H3. The van der Waals surface area contributed by atoms with E-state index in [0.717, 1.165) is 28.3 Å². The van der Waals surface area contributed by atoms with Crippen LogP contribution in [0.15, 0.2) is 279 Å². The molecule has 2 nitrogen and oxygen atoms in total. The first-order valence-corrected chi connectivity index (χ1v) is 24.0. The molecule has 1 aromatic heterocycles. The van der Waals surface area contributed by atoms with Gasteiger partial charge < -0.3 is 9.47 Å². The Kier molecular flexibility index (Phi) is 11.0. The predicted octanol–water partition coefficient (Wildman–Crippen LogP) is 18.1. The van der Waals surface area contributed by atoms with Gasteiger partial charge in [-0.1, -0.05) is 219 Å². The molecule has 10 aromatic carbocycles. The fourth-order valence-electron chi connectivity index (χ4n) is 10.7. The molecule has 12 rings (SSSR count). The van der Waals surface area contributed by atoms with Crippen LogP contribution in [-0.2, 0) is 0 Å². The van der Waals surface area contributed by atoms with Crippen LogP contribution in [0.5, 0.6) is 0 Å². The molecule has 1 aliphatic rings. The van der Waals surface area contributed by atoms with Crippen LogP contribution in [0.3, 0.4) is 0 Å². The zero-order chi connectivity index (χ0) is 46.1. The molecule has 0 saturated heterocycles. The van der Waals surface area contributed by atoms with Crippen molar-refractivity contribution < 1.29 is 0 Å². The van der Waals surface area contributed by atoms with Crippen LogP contribution >= 0.6 is 0 Å². The van der Waals surface area contributed by atoms with Crippen LogP contribution < -0.4 is 4.90 Å². The number of hydrogen-bond donors (Lipinski definition) is 0. The Hall–Kier alpha value is -8.72. The Bertz CT molecular complexity index is 3670. The molecule has 0 aliphatic heterocycles. The summed E-state index contributed by atoms with van der Waals surface area (Å²) >= 11 is 0. The summed E-state index contributed by atoms with van der Waals surface area (Å²) in [6.07, 6.45) is 7.22. The van der Waals surface area contributed by atoms with Gasteiger partial charge >= 0.3 is 0 Å². The molecule has 69 heavy (non-hydrogen) atoms. The van der Waals surface area contributed by atoms with Crippen molar-refractivity contribution >= 4 is 33.2 Å². The summed E-state index contributed by atoms with van der Waals surface area (Å²) in [4.78, 5) is 2.44. The van der Waals surface area contributed by atoms with E-state index in [0.29, 0.717) is 0 Å². The SMILES string of the molecule is CC1C=C(N(c2ccc(-c3ccccc3-c3ccccc3)cc2)c2cccc(-c3cccc(-c4cccc5c4c4ccccc4n5-c4ccccc4)c3)c2)C=CC1c1ccccc1-c1ccccc1. The molecule has 0 fully saturated rings. The normalized spacial score (nSPS) is 14.5. The predicted molar refractivity (Wildman–Crippen MR) is 292 cm³/mol. The van der Waals surface area contributed by atoms with E-state index < -0.39 is 0 Å². The first-order chi connectivity index (χ1) is 34.2. The second kappa shape index (κ2) is 18.2. The van der Waals surface area contributed by atoms with Gasteiger partial charge in [-0.3, -0.25) is 0 Å². The summed E-state index contributed by atoms with van der Waals surface area (Å²) in [6, 6.07) is 92.6. The van der Waals surface area contributed by atoms with E-state index in [1.54, 1.807) is 0 Å². The molecular weight excluding hydrogens is 833 g/mol. The average Bonchev–Trinajstić information content (AvgIpc) is 3.77. The van der Waals surface area contributed by atoms with E-state index >= 15 is 0 Å². The second-order valence-corrected chi connectivity index (χ2v) is 18.1. The lowest BCUT2D eigenvalue weighted by molar-refractivity contribution is 0.629. The van der Waals surface area contributed by atoms with E-state index in [2.05, 4.69) is 289 Å². The Morgan fingerprint density at radius 1 is 0.377 bits per heavy atom. The number of nitrogens with zero attached hydrogens (tertiary/aromatic N) is 2. The Labute approximate surface area is 405 Å². The van der Waals surface area contributed by atoms with Gasteiger partial charge in [-0.25, -0.2) is 0 Å². The highest BCUT2D eigenvalue weighted by molar-refractivity contribution is 6.16. The zero-order valence-corrected chi connectivity index (χ0v) is 38.5. The number of fused-ring (bicyclic) bond motifs is 3. The largest absolute Gasteiger partial charge is 0.311 e. The van der Waals surface area contributed by atoms with Gasteiger partial charge in [0.2, 0.25) is 0 Å². The average molecular weight is 883 g/mol. The van der Waals surface area contributed by atoms with Gasteiger partial charge in [0.15, 0.2) is 0 Å². The Morgan fingerprint density at radius 2 is 0.899 bits per heavy atom. The van der Waals surface area contributed by atoms with Gasteiger partial charge in [0.05, 0.1) is 11.0 Å². The van der Waals surface area contributed by atoms with Crippen LogP contribution in [0, 0.1) is 5.92 Å². The summed E-state index contributed by atoms with van der Waals surface area (Å²) in [5, 5.41) is 2.51. The highest BCUT2D eigenvalue weighted by atomic mass is 15.1. The number of allylic oxidation sites excluding steroid dienone is 3. The fourth-order valence-corrected chi connectivity index (χ4v) is 10.7. The van der Waals surface area contributed by atoms with Crippen molar-refractivity contribution in [2.75, 3.05) is 4.90 Å². The Balaban J connectivity index is 0.946.